The maximum atomic E-state index is 13.0. The van der Waals surface area contributed by atoms with E-state index in [4.69, 9.17) is 4.74 Å². The molecule has 0 aliphatic rings. The van der Waals surface area contributed by atoms with Gasteiger partial charge in [0.05, 0.1) is 17.9 Å². The molecule has 3 rings (SSSR count). The predicted octanol–water partition coefficient (Wildman–Crippen LogP) is 4.02. The van der Waals surface area contributed by atoms with Crippen LogP contribution in [0.2, 0.25) is 0 Å². The zero-order valence-electron chi connectivity index (χ0n) is 17.2. The topological polar surface area (TPSA) is 60.3 Å². The SMILES string of the molecule is CCN(Cc1ccccc1)C(=O)C(C)Sc1nnc(-c2ccccc2OC)n1C. The first kappa shape index (κ1) is 20.9. The van der Waals surface area contributed by atoms with Gasteiger partial charge in [-0.15, -0.1) is 10.2 Å². The summed E-state index contributed by atoms with van der Waals surface area (Å²) < 4.78 is 7.34. The highest BCUT2D eigenvalue weighted by Crippen LogP contribution is 2.31. The molecule has 7 heteroatoms. The molecule has 0 aliphatic carbocycles. The van der Waals surface area contributed by atoms with E-state index in [1.165, 1.54) is 11.8 Å². The number of ether oxygens (including phenoxy) is 1. The molecule has 0 saturated heterocycles. The highest BCUT2D eigenvalue weighted by Gasteiger charge is 2.24. The van der Waals surface area contributed by atoms with Crippen LogP contribution in [-0.4, -0.2) is 44.5 Å². The van der Waals surface area contributed by atoms with Gasteiger partial charge in [0.15, 0.2) is 11.0 Å². The van der Waals surface area contributed by atoms with Crippen LogP contribution >= 0.6 is 11.8 Å². The number of hydrogen-bond acceptors (Lipinski definition) is 5. The van der Waals surface area contributed by atoms with Crippen molar-refractivity contribution < 1.29 is 9.53 Å². The second kappa shape index (κ2) is 9.60. The minimum atomic E-state index is -0.271. The number of benzene rings is 2. The fourth-order valence-electron chi connectivity index (χ4n) is 3.10. The molecule has 0 spiro atoms. The van der Waals surface area contributed by atoms with Gasteiger partial charge in [-0.3, -0.25) is 4.79 Å². The van der Waals surface area contributed by atoms with E-state index in [0.29, 0.717) is 24.1 Å². The van der Waals surface area contributed by atoms with Crippen molar-refractivity contribution in [3.63, 3.8) is 0 Å². The molecular weight excluding hydrogens is 384 g/mol. The van der Waals surface area contributed by atoms with Gasteiger partial charge in [0, 0.05) is 20.1 Å². The number of aromatic nitrogens is 3. The van der Waals surface area contributed by atoms with Gasteiger partial charge in [0.25, 0.3) is 0 Å². The number of rotatable bonds is 8. The number of thioether (sulfide) groups is 1. The second-order valence-electron chi connectivity index (χ2n) is 6.66. The highest BCUT2D eigenvalue weighted by atomic mass is 32.2. The average molecular weight is 411 g/mol. The Bertz CT molecular complexity index is 958. The van der Waals surface area contributed by atoms with Crippen molar-refractivity contribution in [3.8, 4) is 17.1 Å². The molecule has 1 aromatic heterocycles. The number of para-hydroxylation sites is 1. The molecule has 0 N–H and O–H groups in total. The van der Waals surface area contributed by atoms with E-state index in [1.807, 2.05) is 85.0 Å². The minimum Gasteiger partial charge on any atom is -0.496 e. The summed E-state index contributed by atoms with van der Waals surface area (Å²) in [6.45, 7) is 5.18. The smallest absolute Gasteiger partial charge is 0.236 e. The molecule has 6 nitrogen and oxygen atoms in total. The number of hydrogen-bond donors (Lipinski definition) is 0. The Hall–Kier alpha value is -2.80. The first-order valence-corrected chi connectivity index (χ1v) is 10.4. The number of carbonyl (C=O) groups is 1. The van der Waals surface area contributed by atoms with Crippen LogP contribution in [0.15, 0.2) is 59.8 Å². The Labute approximate surface area is 175 Å². The molecule has 1 atom stereocenters. The second-order valence-corrected chi connectivity index (χ2v) is 7.97. The van der Waals surface area contributed by atoms with Crippen LogP contribution in [0.25, 0.3) is 11.4 Å². The van der Waals surface area contributed by atoms with Gasteiger partial charge >= 0.3 is 0 Å². The maximum Gasteiger partial charge on any atom is 0.236 e. The lowest BCUT2D eigenvalue weighted by atomic mass is 10.2. The number of methoxy groups -OCH3 is 1. The lowest BCUT2D eigenvalue weighted by Crippen LogP contribution is -2.36. The Kier molecular flexibility index (Phi) is 6.93. The summed E-state index contributed by atoms with van der Waals surface area (Å²) in [5, 5.41) is 9.06. The van der Waals surface area contributed by atoms with E-state index in [2.05, 4.69) is 10.2 Å². The molecule has 0 radical (unpaired) electrons. The normalized spacial score (nSPS) is 11.9. The van der Waals surface area contributed by atoms with Gasteiger partial charge in [-0.25, -0.2) is 0 Å². The molecule has 1 unspecified atom stereocenters. The zero-order chi connectivity index (χ0) is 20.8. The van der Waals surface area contributed by atoms with Gasteiger partial charge < -0.3 is 14.2 Å². The van der Waals surface area contributed by atoms with Crippen molar-refractivity contribution in [1.29, 1.82) is 0 Å². The fraction of sp³-hybridized carbons (Fsp3) is 0.318. The molecule has 3 aromatic rings. The molecule has 2 aromatic carbocycles. The Morgan fingerprint density at radius 3 is 2.52 bits per heavy atom. The van der Waals surface area contributed by atoms with E-state index in [1.54, 1.807) is 7.11 Å². The highest BCUT2D eigenvalue weighted by molar-refractivity contribution is 8.00. The fourth-order valence-corrected chi connectivity index (χ4v) is 4.00. The van der Waals surface area contributed by atoms with E-state index in [-0.39, 0.29) is 11.2 Å². The van der Waals surface area contributed by atoms with Crippen LogP contribution in [0.4, 0.5) is 0 Å². The molecule has 1 heterocycles. The molecule has 0 fully saturated rings. The van der Waals surface area contributed by atoms with Gasteiger partial charge in [-0.05, 0) is 31.5 Å². The van der Waals surface area contributed by atoms with Crippen LogP contribution in [0.1, 0.15) is 19.4 Å². The van der Waals surface area contributed by atoms with Gasteiger partial charge in [0.2, 0.25) is 5.91 Å². The standard InChI is InChI=1S/C22H26N4O2S/c1-5-26(15-17-11-7-6-8-12-17)21(27)16(2)29-22-24-23-20(25(22)3)18-13-9-10-14-19(18)28-4/h6-14,16H,5,15H2,1-4H3. The lowest BCUT2D eigenvalue weighted by molar-refractivity contribution is -0.130. The Morgan fingerprint density at radius 2 is 1.83 bits per heavy atom. The minimum absolute atomic E-state index is 0.0863. The van der Waals surface area contributed by atoms with Crippen molar-refractivity contribution in [3.05, 3.63) is 60.2 Å². The summed E-state index contributed by atoms with van der Waals surface area (Å²) in [4.78, 5) is 14.9. The van der Waals surface area contributed by atoms with E-state index < -0.39 is 0 Å². The molecule has 1 amide bonds. The summed E-state index contributed by atoms with van der Waals surface area (Å²) in [7, 11) is 3.54. The van der Waals surface area contributed by atoms with Crippen LogP contribution < -0.4 is 4.74 Å². The quantitative estimate of drug-likeness (QED) is 0.525. The predicted molar refractivity (Wildman–Crippen MR) is 116 cm³/mol. The summed E-state index contributed by atoms with van der Waals surface area (Å²) in [6.07, 6.45) is 0. The van der Waals surface area contributed by atoms with Crippen LogP contribution in [-0.2, 0) is 18.4 Å². The summed E-state index contributed by atoms with van der Waals surface area (Å²) in [6, 6.07) is 17.7. The van der Waals surface area contributed by atoms with Crippen molar-refractivity contribution in [2.75, 3.05) is 13.7 Å². The van der Waals surface area contributed by atoms with Crippen LogP contribution in [0, 0.1) is 0 Å². The van der Waals surface area contributed by atoms with Crippen molar-refractivity contribution in [1.82, 2.24) is 19.7 Å². The average Bonchev–Trinajstić information content (AvgIpc) is 3.12. The van der Waals surface area contributed by atoms with E-state index in [9.17, 15) is 4.79 Å². The van der Waals surface area contributed by atoms with Gasteiger partial charge in [-0.1, -0.05) is 54.2 Å². The molecule has 29 heavy (non-hydrogen) atoms. The summed E-state index contributed by atoms with van der Waals surface area (Å²) in [5.41, 5.74) is 1.99. The van der Waals surface area contributed by atoms with E-state index in [0.717, 1.165) is 16.9 Å². The van der Waals surface area contributed by atoms with Crippen molar-refractivity contribution in [2.45, 2.75) is 30.8 Å². The summed E-state index contributed by atoms with van der Waals surface area (Å²) in [5.74, 6) is 1.54. The third kappa shape index (κ3) is 4.79. The monoisotopic (exact) mass is 410 g/mol. The van der Waals surface area contributed by atoms with Gasteiger partial charge in [-0.2, -0.15) is 0 Å². The van der Waals surface area contributed by atoms with Gasteiger partial charge in [0.1, 0.15) is 5.75 Å². The molecular formula is C22H26N4O2S. The number of nitrogens with zero attached hydrogens (tertiary/aromatic N) is 4. The Morgan fingerprint density at radius 1 is 1.14 bits per heavy atom. The third-order valence-electron chi connectivity index (χ3n) is 4.72. The molecule has 0 aliphatic heterocycles. The number of carbonyl (C=O) groups excluding carboxylic acids is 1. The third-order valence-corrected chi connectivity index (χ3v) is 5.84. The first-order valence-electron chi connectivity index (χ1n) is 9.57. The van der Waals surface area contributed by atoms with Crippen molar-refractivity contribution in [2.24, 2.45) is 7.05 Å². The zero-order valence-corrected chi connectivity index (χ0v) is 18.0. The van der Waals surface area contributed by atoms with Crippen LogP contribution in [0.3, 0.4) is 0 Å². The van der Waals surface area contributed by atoms with E-state index >= 15 is 0 Å². The molecule has 0 bridgehead atoms. The van der Waals surface area contributed by atoms with Crippen LogP contribution in [0.5, 0.6) is 5.75 Å². The number of amides is 1. The molecule has 152 valence electrons. The van der Waals surface area contributed by atoms with Crippen molar-refractivity contribution >= 4 is 17.7 Å². The summed E-state index contributed by atoms with van der Waals surface area (Å²) >= 11 is 1.42. The molecule has 0 saturated carbocycles. The Balaban J connectivity index is 1.74. The first-order chi connectivity index (χ1) is 14.0. The lowest BCUT2D eigenvalue weighted by Gasteiger charge is -2.24. The maximum absolute atomic E-state index is 13.0. The largest absolute Gasteiger partial charge is 0.496 e.